The van der Waals surface area contributed by atoms with E-state index < -0.39 is 0 Å². The summed E-state index contributed by atoms with van der Waals surface area (Å²) in [5, 5.41) is 5.41. The number of hydrogen-bond acceptors (Lipinski definition) is 4. The third-order valence-electron chi connectivity index (χ3n) is 4.15. The van der Waals surface area contributed by atoms with E-state index in [0.29, 0.717) is 16.5 Å². The van der Waals surface area contributed by atoms with Crippen LogP contribution in [0.5, 0.6) is 0 Å². The van der Waals surface area contributed by atoms with Gasteiger partial charge in [-0.25, -0.2) is 9.97 Å². The second-order valence-corrected chi connectivity index (χ2v) is 7.22. The van der Waals surface area contributed by atoms with Crippen molar-refractivity contribution in [2.24, 2.45) is 0 Å². The molecule has 4 aromatic rings. The minimum absolute atomic E-state index is 0.215. The van der Waals surface area contributed by atoms with Crippen LogP contribution in [0.4, 0.5) is 5.13 Å². The molecule has 26 heavy (non-hydrogen) atoms. The molecule has 0 aliphatic heterocycles. The van der Waals surface area contributed by atoms with Crippen LogP contribution in [0.3, 0.4) is 0 Å². The highest BCUT2D eigenvalue weighted by molar-refractivity contribution is 7.13. The Labute approximate surface area is 155 Å². The van der Waals surface area contributed by atoms with Crippen molar-refractivity contribution in [1.82, 2.24) is 14.4 Å². The van der Waals surface area contributed by atoms with Gasteiger partial charge in [-0.1, -0.05) is 35.9 Å². The molecule has 5 nitrogen and oxygen atoms in total. The zero-order chi connectivity index (χ0) is 18.3. The first-order valence-corrected chi connectivity index (χ1v) is 9.18. The molecule has 1 aromatic carbocycles. The van der Waals surface area contributed by atoms with Gasteiger partial charge in [0.05, 0.1) is 5.69 Å². The van der Waals surface area contributed by atoms with Gasteiger partial charge in [-0.2, -0.15) is 0 Å². The maximum Gasteiger partial charge on any atom is 0.276 e. The van der Waals surface area contributed by atoms with Gasteiger partial charge < -0.3 is 0 Å². The topological polar surface area (TPSA) is 59.3 Å². The molecule has 130 valence electrons. The number of thiazole rings is 1. The largest absolute Gasteiger partial charge is 0.296 e. The Morgan fingerprint density at radius 3 is 2.42 bits per heavy atom. The molecule has 1 amide bonds. The number of carbonyl (C=O) groups excluding carboxylic acids is 1. The van der Waals surface area contributed by atoms with Crippen LogP contribution in [0, 0.1) is 20.8 Å². The Bertz CT molecular complexity index is 1110. The summed E-state index contributed by atoms with van der Waals surface area (Å²) < 4.78 is 1.85. The number of carbonyl (C=O) groups is 1. The summed E-state index contributed by atoms with van der Waals surface area (Å²) in [6, 6.07) is 12.0. The molecule has 0 saturated carbocycles. The van der Waals surface area contributed by atoms with Gasteiger partial charge in [0.2, 0.25) is 0 Å². The van der Waals surface area contributed by atoms with Gasteiger partial charge in [0.1, 0.15) is 17.0 Å². The van der Waals surface area contributed by atoms with Crippen LogP contribution in [-0.4, -0.2) is 20.3 Å². The Morgan fingerprint density at radius 1 is 1.00 bits per heavy atom. The molecule has 4 rings (SSSR count). The van der Waals surface area contributed by atoms with Crippen molar-refractivity contribution in [3.05, 3.63) is 70.5 Å². The number of nitrogens with one attached hydrogen (secondary N) is 1. The number of anilines is 1. The number of benzene rings is 1. The van der Waals surface area contributed by atoms with Crippen LogP contribution >= 0.6 is 11.3 Å². The summed E-state index contributed by atoms with van der Waals surface area (Å²) in [6.45, 7) is 5.94. The lowest BCUT2D eigenvalue weighted by molar-refractivity contribution is 0.102. The van der Waals surface area contributed by atoms with Crippen LogP contribution < -0.4 is 5.32 Å². The van der Waals surface area contributed by atoms with E-state index in [1.807, 2.05) is 73.1 Å². The fraction of sp³-hybridized carbons (Fsp3) is 0.150. The smallest absolute Gasteiger partial charge is 0.276 e. The number of fused-ring (bicyclic) bond motifs is 1. The lowest BCUT2D eigenvalue weighted by atomic mass is 10.1. The first-order chi connectivity index (χ1) is 12.5. The lowest BCUT2D eigenvalue weighted by Gasteiger charge is -2.06. The number of hydrogen-bond donors (Lipinski definition) is 1. The molecule has 0 fully saturated rings. The summed E-state index contributed by atoms with van der Waals surface area (Å²) in [7, 11) is 0. The van der Waals surface area contributed by atoms with E-state index in [1.54, 1.807) is 0 Å². The average Bonchev–Trinajstić information content (AvgIpc) is 3.18. The van der Waals surface area contributed by atoms with E-state index in [4.69, 9.17) is 4.98 Å². The van der Waals surface area contributed by atoms with Gasteiger partial charge in [-0.15, -0.1) is 11.3 Å². The highest BCUT2D eigenvalue weighted by Gasteiger charge is 2.21. The molecule has 0 spiro atoms. The van der Waals surface area contributed by atoms with E-state index in [1.165, 1.54) is 11.3 Å². The molecule has 3 heterocycles. The molecule has 0 atom stereocenters. The Morgan fingerprint density at radius 2 is 1.73 bits per heavy atom. The molecule has 0 unspecified atom stereocenters. The maximum atomic E-state index is 13.1. The number of pyridine rings is 1. The molecule has 3 aromatic heterocycles. The van der Waals surface area contributed by atoms with Gasteiger partial charge in [-0.3, -0.25) is 14.5 Å². The quantitative estimate of drug-likeness (QED) is 0.578. The number of aryl methyl sites for hydroxylation is 3. The third kappa shape index (κ3) is 2.99. The van der Waals surface area contributed by atoms with Crippen molar-refractivity contribution in [2.45, 2.75) is 20.8 Å². The normalized spacial score (nSPS) is 11.0. The van der Waals surface area contributed by atoms with Crippen molar-refractivity contribution in [3.63, 3.8) is 0 Å². The number of nitrogens with zero attached hydrogens (tertiary/aromatic N) is 3. The van der Waals surface area contributed by atoms with Crippen LogP contribution in [-0.2, 0) is 0 Å². The van der Waals surface area contributed by atoms with E-state index in [2.05, 4.69) is 10.3 Å². The molecule has 0 aliphatic carbocycles. The van der Waals surface area contributed by atoms with Crippen LogP contribution in [0.25, 0.3) is 16.9 Å². The maximum absolute atomic E-state index is 13.1. The summed E-state index contributed by atoms with van der Waals surface area (Å²) in [5.41, 5.74) is 5.95. The molecule has 6 heteroatoms. The predicted octanol–water partition coefficient (Wildman–Crippen LogP) is 4.64. The third-order valence-corrected chi connectivity index (χ3v) is 5.02. The fourth-order valence-corrected chi connectivity index (χ4v) is 3.53. The van der Waals surface area contributed by atoms with Crippen molar-refractivity contribution >= 4 is 28.0 Å². The molecule has 1 N–H and O–H groups in total. The van der Waals surface area contributed by atoms with Gasteiger partial charge in [0.25, 0.3) is 5.91 Å². The summed E-state index contributed by atoms with van der Waals surface area (Å²) in [4.78, 5) is 22.1. The van der Waals surface area contributed by atoms with Gasteiger partial charge in [0, 0.05) is 17.1 Å². The van der Waals surface area contributed by atoms with Crippen molar-refractivity contribution in [1.29, 1.82) is 0 Å². The number of aromatic nitrogens is 3. The molecule has 0 radical (unpaired) electrons. The van der Waals surface area contributed by atoms with Crippen LogP contribution in [0.2, 0.25) is 0 Å². The van der Waals surface area contributed by atoms with Gasteiger partial charge in [0.15, 0.2) is 5.13 Å². The van der Waals surface area contributed by atoms with Gasteiger partial charge >= 0.3 is 0 Å². The second-order valence-electron chi connectivity index (χ2n) is 6.36. The van der Waals surface area contributed by atoms with Crippen LogP contribution in [0.15, 0.2) is 48.0 Å². The van der Waals surface area contributed by atoms with Crippen molar-refractivity contribution in [3.8, 4) is 11.3 Å². The highest BCUT2D eigenvalue weighted by Crippen LogP contribution is 2.26. The minimum Gasteiger partial charge on any atom is -0.296 e. The SMILES string of the molecule is Cc1ccc(-c2nc3ccc(C)cn3c2C(=O)Nc2nc(C)cs2)cc1. The first kappa shape index (κ1) is 16.5. The van der Waals surface area contributed by atoms with Gasteiger partial charge in [-0.05, 0) is 32.4 Å². The second kappa shape index (κ2) is 6.38. The number of amides is 1. The molecule has 0 saturated heterocycles. The standard InChI is InChI=1S/C20H18N4OS/c1-12-4-7-15(8-5-12)17-18(19(25)23-20-21-14(3)11-26-20)24-10-13(2)6-9-16(24)22-17/h4-11H,1-3H3,(H,21,23,25). The minimum atomic E-state index is -0.215. The summed E-state index contributed by atoms with van der Waals surface area (Å²) >= 11 is 1.41. The first-order valence-electron chi connectivity index (χ1n) is 8.30. The average molecular weight is 362 g/mol. The number of rotatable bonds is 3. The zero-order valence-electron chi connectivity index (χ0n) is 14.8. The zero-order valence-corrected chi connectivity index (χ0v) is 15.6. The van der Waals surface area contributed by atoms with Crippen LogP contribution in [0.1, 0.15) is 27.3 Å². The molecular weight excluding hydrogens is 344 g/mol. The Kier molecular flexibility index (Phi) is 4.05. The monoisotopic (exact) mass is 362 g/mol. The van der Waals surface area contributed by atoms with E-state index in [0.717, 1.165) is 28.0 Å². The fourth-order valence-electron chi connectivity index (χ4n) is 2.85. The predicted molar refractivity (Wildman–Crippen MR) is 105 cm³/mol. The molecule has 0 bridgehead atoms. The summed E-state index contributed by atoms with van der Waals surface area (Å²) in [5.74, 6) is -0.215. The molecular formula is C20H18N4OS. The van der Waals surface area contributed by atoms with E-state index in [9.17, 15) is 4.79 Å². The Hall–Kier alpha value is -2.99. The van der Waals surface area contributed by atoms with E-state index in [-0.39, 0.29) is 5.91 Å². The summed E-state index contributed by atoms with van der Waals surface area (Å²) in [6.07, 6.45) is 1.93. The lowest BCUT2D eigenvalue weighted by Crippen LogP contribution is -2.15. The number of imidazole rings is 1. The van der Waals surface area contributed by atoms with E-state index >= 15 is 0 Å². The highest BCUT2D eigenvalue weighted by atomic mass is 32.1. The Balaban J connectivity index is 1.87. The van der Waals surface area contributed by atoms with Crippen molar-refractivity contribution < 1.29 is 4.79 Å². The van der Waals surface area contributed by atoms with Crippen molar-refractivity contribution in [2.75, 3.05) is 5.32 Å². The molecule has 0 aliphatic rings.